The highest BCUT2D eigenvalue weighted by atomic mass is 35.5. The summed E-state index contributed by atoms with van der Waals surface area (Å²) in [7, 11) is 0. The van der Waals surface area contributed by atoms with E-state index in [-0.39, 0.29) is 10.7 Å². The largest absolute Gasteiger partial charge is 0.416 e. The average Bonchev–Trinajstić information content (AvgIpc) is 2.54. The van der Waals surface area contributed by atoms with Gasteiger partial charge in [0.05, 0.1) is 22.8 Å². The lowest BCUT2D eigenvalue weighted by molar-refractivity contribution is -0.679. The average molecular weight is 358 g/mol. The van der Waals surface area contributed by atoms with Crippen molar-refractivity contribution in [1.29, 1.82) is 0 Å². The molecule has 0 heterocycles. The van der Waals surface area contributed by atoms with Gasteiger partial charge in [-0.05, 0) is 25.1 Å². The number of hydrogen-bond donors (Lipinski definition) is 2. The number of halogens is 4. The van der Waals surface area contributed by atoms with Crippen molar-refractivity contribution < 1.29 is 23.3 Å². The zero-order valence-corrected chi connectivity index (χ0v) is 13.7. The number of rotatable bonds is 5. The highest BCUT2D eigenvalue weighted by Gasteiger charge is 2.31. The van der Waals surface area contributed by atoms with E-state index in [1.807, 2.05) is 13.0 Å². The zero-order chi connectivity index (χ0) is 17.7. The van der Waals surface area contributed by atoms with Gasteiger partial charge in [-0.2, -0.15) is 13.2 Å². The Morgan fingerprint density at radius 3 is 2.46 bits per heavy atom. The summed E-state index contributed by atoms with van der Waals surface area (Å²) < 4.78 is 38.5. The van der Waals surface area contributed by atoms with E-state index in [0.717, 1.165) is 23.8 Å². The van der Waals surface area contributed by atoms with Gasteiger partial charge in [0.15, 0.2) is 6.04 Å². The molecule has 0 fully saturated rings. The number of quaternary nitrogens is 1. The Kier molecular flexibility index (Phi) is 5.85. The van der Waals surface area contributed by atoms with E-state index in [9.17, 15) is 18.0 Å². The van der Waals surface area contributed by atoms with Crippen molar-refractivity contribution in [3.63, 3.8) is 0 Å². The Hall–Kier alpha value is -2.05. The third-order valence-electron chi connectivity index (χ3n) is 3.46. The highest BCUT2D eigenvalue weighted by Crippen LogP contribution is 2.34. The van der Waals surface area contributed by atoms with E-state index in [0.29, 0.717) is 6.54 Å². The molecule has 2 aromatic carbocycles. The number of amides is 1. The van der Waals surface area contributed by atoms with Gasteiger partial charge in [-0.3, -0.25) is 4.79 Å². The molecule has 0 saturated heterocycles. The molecule has 7 heteroatoms. The topological polar surface area (TPSA) is 45.7 Å². The van der Waals surface area contributed by atoms with Crippen molar-refractivity contribution in [1.82, 2.24) is 0 Å². The van der Waals surface area contributed by atoms with Crippen LogP contribution in [0.15, 0.2) is 48.5 Å². The molecule has 1 atom stereocenters. The lowest BCUT2D eigenvalue weighted by Gasteiger charge is -2.16. The van der Waals surface area contributed by atoms with Crippen LogP contribution in [0.2, 0.25) is 5.02 Å². The Labute approximate surface area is 142 Å². The molecular weight excluding hydrogens is 341 g/mol. The number of nitrogens with one attached hydrogen (secondary N) is 1. The minimum Gasteiger partial charge on any atom is -0.332 e. The number of anilines is 1. The maximum absolute atomic E-state index is 12.8. The Morgan fingerprint density at radius 2 is 1.88 bits per heavy atom. The summed E-state index contributed by atoms with van der Waals surface area (Å²) in [5.74, 6) is -0.427. The van der Waals surface area contributed by atoms with E-state index in [1.54, 1.807) is 29.6 Å². The third kappa shape index (κ3) is 4.49. The van der Waals surface area contributed by atoms with Crippen molar-refractivity contribution in [2.75, 3.05) is 11.9 Å². The fourth-order valence-electron chi connectivity index (χ4n) is 2.30. The van der Waals surface area contributed by atoms with Crippen LogP contribution < -0.4 is 10.6 Å². The Balaban J connectivity index is 2.27. The first-order chi connectivity index (χ1) is 11.3. The maximum Gasteiger partial charge on any atom is 0.416 e. The molecular formula is C17H17ClF3N2O+. The van der Waals surface area contributed by atoms with Gasteiger partial charge in [0.25, 0.3) is 5.91 Å². The smallest absolute Gasteiger partial charge is 0.332 e. The number of benzene rings is 2. The van der Waals surface area contributed by atoms with E-state index in [1.165, 1.54) is 0 Å². The third-order valence-corrected chi connectivity index (χ3v) is 3.79. The molecule has 0 aliphatic rings. The molecule has 2 aromatic rings. The number of carbonyl (C=O) groups excluding carboxylic acids is 1. The predicted octanol–water partition coefficient (Wildman–Crippen LogP) is 3.62. The molecule has 3 nitrogen and oxygen atoms in total. The summed E-state index contributed by atoms with van der Waals surface area (Å²) in [6, 6.07) is 11.3. The standard InChI is InChI=1S/C17H16ClF3N2O/c1-2-22-15(11-6-4-3-5-7-11)16(24)23-14-10-12(17(19,20)21)8-9-13(14)18/h3-10,15,22H,2H2,1H3,(H,23,24)/p+1/t15-/m1/s1. The zero-order valence-electron chi connectivity index (χ0n) is 12.9. The summed E-state index contributed by atoms with van der Waals surface area (Å²) in [6.45, 7) is 2.53. The SMILES string of the molecule is CC[NH2+][C@@H](C(=O)Nc1cc(C(F)(F)F)ccc1Cl)c1ccccc1. The summed E-state index contributed by atoms with van der Waals surface area (Å²) in [5.41, 5.74) is -0.153. The lowest BCUT2D eigenvalue weighted by Crippen LogP contribution is -2.86. The van der Waals surface area contributed by atoms with Gasteiger partial charge < -0.3 is 10.6 Å². The van der Waals surface area contributed by atoms with Gasteiger partial charge in [-0.15, -0.1) is 0 Å². The van der Waals surface area contributed by atoms with Gasteiger partial charge in [-0.1, -0.05) is 41.9 Å². The second kappa shape index (κ2) is 7.68. The van der Waals surface area contributed by atoms with Crippen molar-refractivity contribution in [3.8, 4) is 0 Å². The van der Waals surface area contributed by atoms with Crippen LogP contribution in [0.5, 0.6) is 0 Å². The molecule has 0 aliphatic carbocycles. The van der Waals surface area contributed by atoms with Crippen molar-refractivity contribution in [3.05, 3.63) is 64.7 Å². The van der Waals surface area contributed by atoms with Crippen LogP contribution >= 0.6 is 11.6 Å². The summed E-state index contributed by atoms with van der Waals surface area (Å²) in [6.07, 6.45) is -4.50. The summed E-state index contributed by atoms with van der Waals surface area (Å²) in [4.78, 5) is 12.5. The Morgan fingerprint density at radius 1 is 1.21 bits per heavy atom. The van der Waals surface area contributed by atoms with Crippen molar-refractivity contribution in [2.45, 2.75) is 19.1 Å². The molecule has 0 spiro atoms. The molecule has 2 rings (SSSR count). The fraction of sp³-hybridized carbons (Fsp3) is 0.235. The number of carbonyl (C=O) groups is 1. The van der Waals surface area contributed by atoms with Gasteiger partial charge in [0.2, 0.25) is 0 Å². The molecule has 0 radical (unpaired) electrons. The lowest BCUT2D eigenvalue weighted by atomic mass is 10.1. The van der Waals surface area contributed by atoms with Crippen LogP contribution in [0.25, 0.3) is 0 Å². The van der Waals surface area contributed by atoms with Gasteiger partial charge in [0.1, 0.15) is 0 Å². The minimum atomic E-state index is -4.50. The van der Waals surface area contributed by atoms with Gasteiger partial charge in [-0.25, -0.2) is 0 Å². The fourth-order valence-corrected chi connectivity index (χ4v) is 2.46. The highest BCUT2D eigenvalue weighted by molar-refractivity contribution is 6.33. The van der Waals surface area contributed by atoms with Crippen LogP contribution in [0.1, 0.15) is 24.1 Å². The van der Waals surface area contributed by atoms with Gasteiger partial charge in [0, 0.05) is 5.56 Å². The molecule has 3 N–H and O–H groups in total. The number of alkyl halides is 3. The number of likely N-dealkylation sites (N-methyl/N-ethyl adjacent to an activating group) is 1. The molecule has 1 amide bonds. The first kappa shape index (κ1) is 18.3. The predicted molar refractivity (Wildman–Crippen MR) is 86.7 cm³/mol. The van der Waals surface area contributed by atoms with Crippen LogP contribution in [0.3, 0.4) is 0 Å². The monoisotopic (exact) mass is 357 g/mol. The molecule has 128 valence electrons. The first-order valence-electron chi connectivity index (χ1n) is 7.38. The van der Waals surface area contributed by atoms with E-state index >= 15 is 0 Å². The quantitative estimate of drug-likeness (QED) is 0.843. The van der Waals surface area contributed by atoms with Crippen LogP contribution in [-0.4, -0.2) is 12.5 Å². The molecule has 0 unspecified atom stereocenters. The summed E-state index contributed by atoms with van der Waals surface area (Å²) >= 11 is 5.93. The number of nitrogens with two attached hydrogens (primary N) is 1. The molecule has 0 aliphatic heterocycles. The molecule has 24 heavy (non-hydrogen) atoms. The first-order valence-corrected chi connectivity index (χ1v) is 7.76. The molecule has 0 bridgehead atoms. The van der Waals surface area contributed by atoms with Crippen LogP contribution in [-0.2, 0) is 11.0 Å². The second-order valence-corrected chi connectivity index (χ2v) is 5.62. The van der Waals surface area contributed by atoms with E-state index in [2.05, 4.69) is 5.32 Å². The van der Waals surface area contributed by atoms with Gasteiger partial charge >= 0.3 is 6.18 Å². The molecule has 0 aromatic heterocycles. The molecule has 0 saturated carbocycles. The van der Waals surface area contributed by atoms with Crippen molar-refractivity contribution >= 4 is 23.2 Å². The Bertz CT molecular complexity index is 705. The maximum atomic E-state index is 12.8. The van der Waals surface area contributed by atoms with Crippen LogP contribution in [0.4, 0.5) is 18.9 Å². The summed E-state index contributed by atoms with van der Waals surface area (Å²) in [5, 5.41) is 4.36. The minimum absolute atomic E-state index is 0.0538. The van der Waals surface area contributed by atoms with E-state index in [4.69, 9.17) is 11.6 Å². The normalized spacial score (nSPS) is 12.7. The van der Waals surface area contributed by atoms with Crippen molar-refractivity contribution in [2.24, 2.45) is 0 Å². The second-order valence-electron chi connectivity index (χ2n) is 5.21. The van der Waals surface area contributed by atoms with E-state index < -0.39 is 23.7 Å². The number of hydrogen-bond acceptors (Lipinski definition) is 1. The van der Waals surface area contributed by atoms with Crippen LogP contribution in [0, 0.1) is 0 Å².